The summed E-state index contributed by atoms with van der Waals surface area (Å²) in [4.78, 5) is 4.53. The molecule has 0 aliphatic rings. The van der Waals surface area contributed by atoms with E-state index in [1.54, 1.807) is 11.3 Å². The number of nitrogens with zero attached hydrogens (tertiary/aromatic N) is 1. The molecule has 4 heteroatoms. The highest BCUT2D eigenvalue weighted by Gasteiger charge is 2.16. The van der Waals surface area contributed by atoms with Crippen LogP contribution in [0.25, 0.3) is 11.0 Å². The number of aromatic nitrogens is 1. The van der Waals surface area contributed by atoms with Gasteiger partial charge in [-0.25, -0.2) is 4.98 Å². The number of benzene rings is 1. The summed E-state index contributed by atoms with van der Waals surface area (Å²) >= 11 is 1.70. The first kappa shape index (κ1) is 13.3. The summed E-state index contributed by atoms with van der Waals surface area (Å²) in [6.45, 7) is 4.12. The largest absolute Gasteiger partial charge is 0.459 e. The Labute approximate surface area is 122 Å². The molecule has 3 aromatic rings. The minimum absolute atomic E-state index is 0.160. The fraction of sp³-hybridized carbons (Fsp3) is 0.312. The topological polar surface area (TPSA) is 38.1 Å². The number of nitrogens with one attached hydrogen (secondary N) is 1. The number of furan rings is 1. The number of fused-ring (bicyclic) bond motifs is 1. The summed E-state index contributed by atoms with van der Waals surface area (Å²) in [6.07, 6.45) is 0.855. The normalized spacial score (nSPS) is 12.9. The Kier molecular flexibility index (Phi) is 3.59. The third kappa shape index (κ3) is 2.62. The number of aryl methyl sites for hydroxylation is 2. The Morgan fingerprint density at radius 3 is 2.85 bits per heavy atom. The van der Waals surface area contributed by atoms with Gasteiger partial charge in [0.2, 0.25) is 0 Å². The number of rotatable bonds is 4. The molecule has 2 aromatic heterocycles. The lowest BCUT2D eigenvalue weighted by Crippen LogP contribution is -2.18. The molecule has 0 amide bonds. The molecule has 0 bridgehead atoms. The van der Waals surface area contributed by atoms with Crippen molar-refractivity contribution in [2.24, 2.45) is 0 Å². The van der Waals surface area contributed by atoms with Crippen molar-refractivity contribution in [3.63, 3.8) is 0 Å². The van der Waals surface area contributed by atoms with Crippen molar-refractivity contribution < 1.29 is 4.42 Å². The average molecular weight is 286 g/mol. The maximum Gasteiger partial charge on any atom is 0.134 e. The van der Waals surface area contributed by atoms with E-state index in [1.807, 2.05) is 20.0 Å². The highest BCUT2D eigenvalue weighted by Crippen LogP contribution is 2.27. The summed E-state index contributed by atoms with van der Waals surface area (Å²) in [7, 11) is 1.96. The van der Waals surface area contributed by atoms with Crippen molar-refractivity contribution >= 4 is 22.3 Å². The van der Waals surface area contributed by atoms with Crippen LogP contribution in [0.1, 0.15) is 28.1 Å². The Morgan fingerprint density at radius 2 is 2.15 bits per heavy atom. The van der Waals surface area contributed by atoms with Crippen LogP contribution in [0, 0.1) is 13.8 Å². The average Bonchev–Trinajstić information content (AvgIpc) is 3.01. The molecule has 0 saturated carbocycles. The first-order chi connectivity index (χ1) is 9.65. The lowest BCUT2D eigenvalue weighted by molar-refractivity contribution is 0.450. The molecule has 3 rings (SSSR count). The lowest BCUT2D eigenvalue weighted by Gasteiger charge is -2.11. The summed E-state index contributed by atoms with van der Waals surface area (Å²) in [5.41, 5.74) is 3.28. The van der Waals surface area contributed by atoms with Gasteiger partial charge in [-0.2, -0.15) is 0 Å². The zero-order valence-corrected chi connectivity index (χ0v) is 12.8. The van der Waals surface area contributed by atoms with Gasteiger partial charge in [0, 0.05) is 22.9 Å². The number of hydrogen-bond acceptors (Lipinski definition) is 4. The SMILES string of the molecule is CNC(Cc1nc(C)cs1)c1cc2cc(C)ccc2o1. The highest BCUT2D eigenvalue weighted by atomic mass is 32.1. The molecule has 0 aliphatic carbocycles. The number of likely N-dealkylation sites (N-methyl/N-ethyl adjacent to an activating group) is 1. The van der Waals surface area contributed by atoms with Gasteiger partial charge in [0.05, 0.1) is 11.0 Å². The van der Waals surface area contributed by atoms with Gasteiger partial charge >= 0.3 is 0 Å². The van der Waals surface area contributed by atoms with Crippen LogP contribution in [0.5, 0.6) is 0 Å². The first-order valence-electron chi connectivity index (χ1n) is 6.74. The van der Waals surface area contributed by atoms with Crippen molar-refractivity contribution in [1.29, 1.82) is 0 Å². The smallest absolute Gasteiger partial charge is 0.134 e. The summed E-state index contributed by atoms with van der Waals surface area (Å²) < 4.78 is 5.97. The molecular weight excluding hydrogens is 268 g/mol. The molecular formula is C16H18N2OS. The van der Waals surface area contributed by atoms with Crippen molar-refractivity contribution in [3.05, 3.63) is 51.7 Å². The molecule has 0 aliphatic heterocycles. The van der Waals surface area contributed by atoms with E-state index in [0.717, 1.165) is 33.9 Å². The zero-order valence-electron chi connectivity index (χ0n) is 11.9. The molecule has 1 atom stereocenters. The van der Waals surface area contributed by atoms with E-state index < -0.39 is 0 Å². The van der Waals surface area contributed by atoms with Gasteiger partial charge < -0.3 is 9.73 Å². The molecule has 20 heavy (non-hydrogen) atoms. The van der Waals surface area contributed by atoms with Gasteiger partial charge in [-0.05, 0) is 39.1 Å². The highest BCUT2D eigenvalue weighted by molar-refractivity contribution is 7.09. The van der Waals surface area contributed by atoms with Crippen LogP contribution in [-0.2, 0) is 6.42 Å². The van der Waals surface area contributed by atoms with E-state index >= 15 is 0 Å². The molecule has 0 radical (unpaired) electrons. The Hall–Kier alpha value is -1.65. The van der Waals surface area contributed by atoms with E-state index in [9.17, 15) is 0 Å². The molecule has 3 nitrogen and oxygen atoms in total. The second-order valence-electron chi connectivity index (χ2n) is 5.12. The van der Waals surface area contributed by atoms with E-state index in [4.69, 9.17) is 4.42 Å². The summed E-state index contributed by atoms with van der Waals surface area (Å²) in [5.74, 6) is 0.973. The maximum atomic E-state index is 5.97. The second-order valence-corrected chi connectivity index (χ2v) is 6.06. The molecule has 0 saturated heterocycles. The summed E-state index contributed by atoms with van der Waals surface area (Å²) in [5, 5.41) is 7.71. The Balaban J connectivity index is 1.90. The zero-order chi connectivity index (χ0) is 14.1. The van der Waals surface area contributed by atoms with Crippen LogP contribution >= 0.6 is 11.3 Å². The fourth-order valence-corrected chi connectivity index (χ4v) is 3.19. The monoisotopic (exact) mass is 286 g/mol. The Morgan fingerprint density at radius 1 is 1.30 bits per heavy atom. The second kappa shape index (κ2) is 5.38. The third-order valence-corrected chi connectivity index (χ3v) is 4.42. The maximum absolute atomic E-state index is 5.97. The van der Waals surface area contributed by atoms with Gasteiger partial charge in [-0.15, -0.1) is 11.3 Å². The predicted molar refractivity (Wildman–Crippen MR) is 83.3 cm³/mol. The van der Waals surface area contributed by atoms with Gasteiger partial charge in [-0.3, -0.25) is 0 Å². The van der Waals surface area contributed by atoms with Crippen LogP contribution in [0.3, 0.4) is 0 Å². The molecule has 1 unspecified atom stereocenters. The van der Waals surface area contributed by atoms with Crippen LogP contribution in [0.4, 0.5) is 0 Å². The van der Waals surface area contributed by atoms with Gasteiger partial charge in [-0.1, -0.05) is 11.6 Å². The van der Waals surface area contributed by atoms with E-state index in [2.05, 4.69) is 40.8 Å². The van der Waals surface area contributed by atoms with Crippen LogP contribution < -0.4 is 5.32 Å². The van der Waals surface area contributed by atoms with Crippen LogP contribution in [0.15, 0.2) is 34.1 Å². The summed E-state index contributed by atoms with van der Waals surface area (Å²) in [6, 6.07) is 8.56. The van der Waals surface area contributed by atoms with Crippen LogP contribution in [-0.4, -0.2) is 12.0 Å². The van der Waals surface area contributed by atoms with Gasteiger partial charge in [0.25, 0.3) is 0 Å². The quantitative estimate of drug-likeness (QED) is 0.787. The minimum Gasteiger partial charge on any atom is -0.459 e. The molecule has 2 heterocycles. The predicted octanol–water partition coefficient (Wildman–Crippen LogP) is 4.01. The Bertz CT molecular complexity index is 729. The van der Waals surface area contributed by atoms with E-state index in [-0.39, 0.29) is 6.04 Å². The fourth-order valence-electron chi connectivity index (χ4n) is 2.37. The van der Waals surface area contributed by atoms with Crippen molar-refractivity contribution in [2.45, 2.75) is 26.3 Å². The molecule has 104 valence electrons. The first-order valence-corrected chi connectivity index (χ1v) is 7.62. The van der Waals surface area contributed by atoms with E-state index in [0.29, 0.717) is 0 Å². The number of thiazole rings is 1. The molecule has 1 aromatic carbocycles. The van der Waals surface area contributed by atoms with Crippen LogP contribution in [0.2, 0.25) is 0 Å². The number of hydrogen-bond donors (Lipinski definition) is 1. The van der Waals surface area contributed by atoms with Crippen molar-refractivity contribution in [1.82, 2.24) is 10.3 Å². The minimum atomic E-state index is 0.160. The molecule has 1 N–H and O–H groups in total. The van der Waals surface area contributed by atoms with E-state index in [1.165, 1.54) is 5.56 Å². The third-order valence-electron chi connectivity index (χ3n) is 3.43. The molecule has 0 fully saturated rings. The lowest BCUT2D eigenvalue weighted by atomic mass is 10.1. The van der Waals surface area contributed by atoms with Crippen molar-refractivity contribution in [3.8, 4) is 0 Å². The standard InChI is InChI=1S/C16H18N2OS/c1-10-4-5-14-12(6-10)7-15(19-14)13(17-3)8-16-18-11(2)9-20-16/h4-7,9,13,17H,8H2,1-3H3. The van der Waals surface area contributed by atoms with Crippen molar-refractivity contribution in [2.75, 3.05) is 7.05 Å². The van der Waals surface area contributed by atoms with Gasteiger partial charge in [0.1, 0.15) is 11.3 Å². The van der Waals surface area contributed by atoms with Gasteiger partial charge in [0.15, 0.2) is 0 Å². The molecule has 0 spiro atoms.